The fourth-order valence-corrected chi connectivity index (χ4v) is 1.68. The predicted octanol–water partition coefficient (Wildman–Crippen LogP) is 2.59. The average Bonchev–Trinajstić information content (AvgIpc) is 2.77. The van der Waals surface area contributed by atoms with Crippen LogP contribution >= 0.6 is 0 Å². The van der Waals surface area contributed by atoms with Crippen LogP contribution in [-0.4, -0.2) is 21.0 Å². The Morgan fingerprint density at radius 1 is 1.43 bits per heavy atom. The summed E-state index contributed by atoms with van der Waals surface area (Å²) in [6.45, 7) is 3.70. The maximum absolute atomic E-state index is 11.8. The minimum Gasteiger partial charge on any atom is -0.305 e. The molecular weight excluding hydrogens is 272 g/mol. The van der Waals surface area contributed by atoms with Crippen LogP contribution in [0.25, 0.3) is 6.08 Å². The van der Waals surface area contributed by atoms with Gasteiger partial charge in [-0.15, -0.1) is 0 Å². The van der Waals surface area contributed by atoms with Gasteiger partial charge in [-0.3, -0.25) is 20.0 Å². The van der Waals surface area contributed by atoms with E-state index in [9.17, 15) is 14.9 Å². The van der Waals surface area contributed by atoms with Crippen LogP contribution in [-0.2, 0) is 4.79 Å². The third-order valence-electron chi connectivity index (χ3n) is 3.00. The van der Waals surface area contributed by atoms with Gasteiger partial charge < -0.3 is 5.32 Å². The first kappa shape index (κ1) is 14.4. The lowest BCUT2D eigenvalue weighted by molar-refractivity contribution is -0.384. The molecule has 0 spiro atoms. The number of rotatable bonds is 4. The van der Waals surface area contributed by atoms with Crippen molar-refractivity contribution in [3.8, 4) is 0 Å². The van der Waals surface area contributed by atoms with E-state index in [2.05, 4.69) is 15.5 Å². The summed E-state index contributed by atoms with van der Waals surface area (Å²) in [5, 5.41) is 20.0. The van der Waals surface area contributed by atoms with Crippen LogP contribution in [0.2, 0.25) is 0 Å². The van der Waals surface area contributed by atoms with Crippen LogP contribution < -0.4 is 5.32 Å². The molecule has 21 heavy (non-hydrogen) atoms. The summed E-state index contributed by atoms with van der Waals surface area (Å²) in [6, 6.07) is 6.04. The number of aryl methyl sites for hydroxylation is 1. The highest BCUT2D eigenvalue weighted by Gasteiger charge is 2.07. The van der Waals surface area contributed by atoms with Gasteiger partial charge in [-0.2, -0.15) is 5.10 Å². The molecule has 0 bridgehead atoms. The molecule has 1 aromatic heterocycles. The molecule has 0 atom stereocenters. The molecule has 1 aromatic carbocycles. The number of anilines is 1. The summed E-state index contributed by atoms with van der Waals surface area (Å²) in [6.07, 6.45) is 2.82. The molecule has 1 amide bonds. The number of aromatic amines is 1. The second-order valence-corrected chi connectivity index (χ2v) is 4.50. The lowest BCUT2D eigenvalue weighted by atomic mass is 10.2. The van der Waals surface area contributed by atoms with Crippen molar-refractivity contribution in [1.29, 1.82) is 0 Å². The zero-order valence-electron chi connectivity index (χ0n) is 11.6. The minimum atomic E-state index is -0.479. The second-order valence-electron chi connectivity index (χ2n) is 4.50. The topological polar surface area (TPSA) is 101 Å². The number of H-pyrrole nitrogens is 1. The third-order valence-corrected chi connectivity index (χ3v) is 3.00. The molecule has 0 aliphatic rings. The van der Waals surface area contributed by atoms with Crippen molar-refractivity contribution in [2.45, 2.75) is 13.8 Å². The lowest BCUT2D eigenvalue weighted by Gasteiger charge is -1.99. The summed E-state index contributed by atoms with van der Waals surface area (Å²) in [5.41, 5.74) is 2.31. The SMILES string of the molecule is Cc1[nH]nc(NC(=O)/C=C/c2cccc([N+](=O)[O-])c2)c1C. The monoisotopic (exact) mass is 286 g/mol. The molecule has 0 unspecified atom stereocenters. The highest BCUT2D eigenvalue weighted by Crippen LogP contribution is 2.15. The smallest absolute Gasteiger partial charge is 0.270 e. The third kappa shape index (κ3) is 3.53. The van der Waals surface area contributed by atoms with Gasteiger partial charge >= 0.3 is 0 Å². The highest BCUT2D eigenvalue weighted by molar-refractivity contribution is 6.01. The fraction of sp³-hybridized carbons (Fsp3) is 0.143. The first-order chi connectivity index (χ1) is 9.97. The molecule has 7 heteroatoms. The van der Waals surface area contributed by atoms with Crippen LogP contribution in [0.5, 0.6) is 0 Å². The van der Waals surface area contributed by atoms with Gasteiger partial charge in [0.05, 0.1) is 4.92 Å². The number of benzene rings is 1. The number of amides is 1. The molecule has 0 fully saturated rings. The van der Waals surface area contributed by atoms with Crippen LogP contribution in [0.4, 0.5) is 11.5 Å². The van der Waals surface area contributed by atoms with E-state index < -0.39 is 4.92 Å². The molecule has 0 saturated carbocycles. The van der Waals surface area contributed by atoms with Crippen LogP contribution in [0, 0.1) is 24.0 Å². The van der Waals surface area contributed by atoms with Gasteiger partial charge in [0.15, 0.2) is 5.82 Å². The number of non-ortho nitro benzene ring substituents is 1. The molecule has 2 aromatic rings. The highest BCUT2D eigenvalue weighted by atomic mass is 16.6. The molecule has 2 rings (SSSR count). The van der Waals surface area contributed by atoms with Crippen LogP contribution in [0.1, 0.15) is 16.8 Å². The van der Waals surface area contributed by atoms with Gasteiger partial charge in [0.25, 0.3) is 5.69 Å². The van der Waals surface area contributed by atoms with Gasteiger partial charge in [0.2, 0.25) is 5.91 Å². The molecule has 2 N–H and O–H groups in total. The first-order valence-electron chi connectivity index (χ1n) is 6.22. The standard InChI is InChI=1S/C14H14N4O3/c1-9-10(2)16-17-14(9)15-13(19)7-6-11-4-3-5-12(8-11)18(20)21/h3-8H,1-2H3,(H2,15,16,17,19)/b7-6+. The Morgan fingerprint density at radius 3 is 2.81 bits per heavy atom. The second kappa shape index (κ2) is 6.00. The number of nitro benzene ring substituents is 1. The molecule has 0 aliphatic carbocycles. The van der Waals surface area contributed by atoms with Gasteiger partial charge in [-0.05, 0) is 25.5 Å². The van der Waals surface area contributed by atoms with E-state index in [0.717, 1.165) is 11.3 Å². The first-order valence-corrected chi connectivity index (χ1v) is 6.22. The molecule has 0 saturated heterocycles. The number of nitrogens with one attached hydrogen (secondary N) is 2. The van der Waals surface area contributed by atoms with Gasteiger partial charge in [0, 0.05) is 29.5 Å². The van der Waals surface area contributed by atoms with E-state index in [1.54, 1.807) is 12.1 Å². The van der Waals surface area contributed by atoms with Gasteiger partial charge in [-0.25, -0.2) is 0 Å². The number of aromatic nitrogens is 2. The Morgan fingerprint density at radius 2 is 2.19 bits per heavy atom. The summed E-state index contributed by atoms with van der Waals surface area (Å²) in [4.78, 5) is 22.0. The zero-order chi connectivity index (χ0) is 15.4. The van der Waals surface area contributed by atoms with Crippen LogP contribution in [0.3, 0.4) is 0 Å². The van der Waals surface area contributed by atoms with E-state index >= 15 is 0 Å². The maximum atomic E-state index is 11.8. The number of carbonyl (C=O) groups is 1. The largest absolute Gasteiger partial charge is 0.305 e. The number of carbonyl (C=O) groups excluding carboxylic acids is 1. The van der Waals surface area contributed by atoms with Crippen molar-refractivity contribution in [2.75, 3.05) is 5.32 Å². The van der Waals surface area contributed by atoms with Crippen molar-refractivity contribution in [2.24, 2.45) is 0 Å². The fourth-order valence-electron chi connectivity index (χ4n) is 1.68. The predicted molar refractivity (Wildman–Crippen MR) is 78.8 cm³/mol. The zero-order valence-corrected chi connectivity index (χ0v) is 11.6. The molecule has 0 aliphatic heterocycles. The van der Waals surface area contributed by atoms with Crippen LogP contribution in [0.15, 0.2) is 30.3 Å². The maximum Gasteiger partial charge on any atom is 0.270 e. The van der Waals surface area contributed by atoms with Crippen molar-refractivity contribution in [3.05, 3.63) is 57.3 Å². The Hall–Kier alpha value is -2.96. The number of nitrogens with zero attached hydrogens (tertiary/aromatic N) is 2. The van der Waals surface area contributed by atoms with Crippen molar-refractivity contribution < 1.29 is 9.72 Å². The van der Waals surface area contributed by atoms with E-state index in [0.29, 0.717) is 11.4 Å². The quantitative estimate of drug-likeness (QED) is 0.512. The Labute approximate surface area is 120 Å². The molecule has 1 heterocycles. The Bertz CT molecular complexity index is 719. The minimum absolute atomic E-state index is 0.0173. The number of nitro groups is 1. The number of hydrogen-bond acceptors (Lipinski definition) is 4. The van der Waals surface area contributed by atoms with E-state index in [1.165, 1.54) is 24.3 Å². The molecule has 0 radical (unpaired) electrons. The molecule has 108 valence electrons. The lowest BCUT2D eigenvalue weighted by Crippen LogP contribution is -2.09. The van der Waals surface area contributed by atoms with Crippen molar-refractivity contribution in [1.82, 2.24) is 10.2 Å². The van der Waals surface area contributed by atoms with Crippen molar-refractivity contribution in [3.63, 3.8) is 0 Å². The van der Waals surface area contributed by atoms with Gasteiger partial charge in [0.1, 0.15) is 0 Å². The van der Waals surface area contributed by atoms with E-state index in [-0.39, 0.29) is 11.6 Å². The van der Waals surface area contributed by atoms with Gasteiger partial charge in [-0.1, -0.05) is 12.1 Å². The van der Waals surface area contributed by atoms with E-state index in [4.69, 9.17) is 0 Å². The molecular formula is C14H14N4O3. The summed E-state index contributed by atoms with van der Waals surface area (Å²) >= 11 is 0. The molecule has 7 nitrogen and oxygen atoms in total. The summed E-state index contributed by atoms with van der Waals surface area (Å²) in [7, 11) is 0. The summed E-state index contributed by atoms with van der Waals surface area (Å²) < 4.78 is 0. The average molecular weight is 286 g/mol. The normalized spacial score (nSPS) is 10.8. The number of hydrogen-bond donors (Lipinski definition) is 2. The van der Waals surface area contributed by atoms with Crippen molar-refractivity contribution >= 4 is 23.5 Å². The Balaban J connectivity index is 2.07. The Kier molecular flexibility index (Phi) is 4.13. The summed E-state index contributed by atoms with van der Waals surface area (Å²) in [5.74, 6) is 0.122. The van der Waals surface area contributed by atoms with E-state index in [1.807, 2.05) is 13.8 Å².